The Morgan fingerprint density at radius 1 is 1.18 bits per heavy atom. The van der Waals surface area contributed by atoms with E-state index in [-0.39, 0.29) is 47.9 Å². The van der Waals surface area contributed by atoms with Crippen molar-refractivity contribution in [3.8, 4) is 0 Å². The second-order valence-corrected chi connectivity index (χ2v) is 10.1. The standard InChI is InChI=1S/C29H33ClF3N5O6/c1-4-44-28(40)25-20(15-43-11-8-34-21-14-22(36-16-35-21)38-9-12-42-13-10-38)37-17(2)23(27(39)41-3)24(25)18-6-5-7-19(26(18)30)29(31,32)33/h5-7,14,16,24,37H,4,8-13,15H2,1-3H3,(H,34,35,36). The van der Waals surface area contributed by atoms with Gasteiger partial charge in [-0.1, -0.05) is 23.7 Å². The first-order chi connectivity index (χ1) is 21.1. The molecule has 238 valence electrons. The molecule has 0 spiro atoms. The number of carbonyl (C=O) groups is 2. The summed E-state index contributed by atoms with van der Waals surface area (Å²) < 4.78 is 62.8. The number of hydrogen-bond acceptors (Lipinski definition) is 11. The van der Waals surface area contributed by atoms with E-state index in [4.69, 9.17) is 30.5 Å². The second-order valence-electron chi connectivity index (χ2n) is 9.75. The maximum atomic E-state index is 13.8. The normalized spacial score (nSPS) is 17.3. The summed E-state index contributed by atoms with van der Waals surface area (Å²) in [5.41, 5.74) is -0.934. The molecule has 2 aliphatic heterocycles. The van der Waals surface area contributed by atoms with E-state index in [1.807, 2.05) is 6.07 Å². The number of alkyl halides is 3. The third-order valence-electron chi connectivity index (χ3n) is 6.98. The molecular formula is C29H33ClF3N5O6. The predicted octanol–water partition coefficient (Wildman–Crippen LogP) is 4.07. The van der Waals surface area contributed by atoms with Crippen molar-refractivity contribution >= 4 is 35.2 Å². The summed E-state index contributed by atoms with van der Waals surface area (Å²) in [6.07, 6.45) is -3.31. The Kier molecular flexibility index (Phi) is 11.1. The number of morpholine rings is 1. The number of aromatic nitrogens is 2. The van der Waals surface area contributed by atoms with Gasteiger partial charge in [0.25, 0.3) is 0 Å². The van der Waals surface area contributed by atoms with Crippen molar-refractivity contribution in [2.75, 3.05) is 70.0 Å². The fourth-order valence-electron chi connectivity index (χ4n) is 4.98. The number of allylic oxidation sites excluding steroid dienone is 1. The molecular weight excluding hydrogens is 607 g/mol. The zero-order valence-corrected chi connectivity index (χ0v) is 25.2. The summed E-state index contributed by atoms with van der Waals surface area (Å²) >= 11 is 6.30. The zero-order valence-electron chi connectivity index (χ0n) is 24.4. The van der Waals surface area contributed by atoms with Crippen molar-refractivity contribution in [3.63, 3.8) is 0 Å². The number of rotatable bonds is 11. The lowest BCUT2D eigenvalue weighted by molar-refractivity contribution is -0.139. The highest BCUT2D eigenvalue weighted by Crippen LogP contribution is 2.45. The largest absolute Gasteiger partial charge is 0.466 e. The van der Waals surface area contributed by atoms with E-state index in [9.17, 15) is 22.8 Å². The molecule has 0 bridgehead atoms. The Hall–Kier alpha value is -3.88. The monoisotopic (exact) mass is 639 g/mol. The lowest BCUT2D eigenvalue weighted by Crippen LogP contribution is -2.36. The molecule has 1 fully saturated rings. The molecule has 11 nitrogen and oxygen atoms in total. The third-order valence-corrected chi connectivity index (χ3v) is 7.40. The van der Waals surface area contributed by atoms with E-state index < -0.39 is 34.6 Å². The number of dihydropyridines is 1. The van der Waals surface area contributed by atoms with Gasteiger partial charge in [-0.05, 0) is 25.5 Å². The summed E-state index contributed by atoms with van der Waals surface area (Å²) in [5, 5.41) is 5.51. The molecule has 2 N–H and O–H groups in total. The molecule has 0 amide bonds. The van der Waals surface area contributed by atoms with Crippen LogP contribution in [0.3, 0.4) is 0 Å². The van der Waals surface area contributed by atoms with Gasteiger partial charge in [0.15, 0.2) is 0 Å². The van der Waals surface area contributed by atoms with Crippen LogP contribution in [0.15, 0.2) is 53.1 Å². The highest BCUT2D eigenvalue weighted by atomic mass is 35.5. The predicted molar refractivity (Wildman–Crippen MR) is 155 cm³/mol. The van der Waals surface area contributed by atoms with Crippen molar-refractivity contribution < 1.29 is 41.7 Å². The minimum Gasteiger partial charge on any atom is -0.466 e. The van der Waals surface area contributed by atoms with Gasteiger partial charge >= 0.3 is 18.1 Å². The minimum absolute atomic E-state index is 0.0228. The number of benzene rings is 1. The Labute approximate surface area is 257 Å². The molecule has 1 unspecified atom stereocenters. The number of esters is 2. The van der Waals surface area contributed by atoms with Crippen LogP contribution in [0.2, 0.25) is 5.02 Å². The van der Waals surface area contributed by atoms with Gasteiger partial charge in [-0.2, -0.15) is 13.2 Å². The highest BCUT2D eigenvalue weighted by Gasteiger charge is 2.42. The van der Waals surface area contributed by atoms with Crippen LogP contribution >= 0.6 is 11.6 Å². The van der Waals surface area contributed by atoms with Crippen molar-refractivity contribution in [1.82, 2.24) is 15.3 Å². The van der Waals surface area contributed by atoms with Gasteiger partial charge in [0.1, 0.15) is 18.0 Å². The van der Waals surface area contributed by atoms with Crippen LogP contribution in [0.5, 0.6) is 0 Å². The first-order valence-corrected chi connectivity index (χ1v) is 14.2. The van der Waals surface area contributed by atoms with E-state index in [1.165, 1.54) is 18.5 Å². The number of hydrogen-bond donors (Lipinski definition) is 2. The molecule has 1 atom stereocenters. The minimum atomic E-state index is -4.77. The van der Waals surface area contributed by atoms with Crippen LogP contribution in [0.4, 0.5) is 24.8 Å². The van der Waals surface area contributed by atoms with Gasteiger partial charge in [-0.15, -0.1) is 0 Å². The Morgan fingerprint density at radius 3 is 2.61 bits per heavy atom. The summed E-state index contributed by atoms with van der Waals surface area (Å²) in [4.78, 5) is 36.9. The highest BCUT2D eigenvalue weighted by molar-refractivity contribution is 6.32. The van der Waals surface area contributed by atoms with Crippen molar-refractivity contribution in [2.45, 2.75) is 25.9 Å². The molecule has 15 heteroatoms. The molecule has 4 rings (SSSR count). The fraction of sp³-hybridized carbons (Fsp3) is 0.448. The molecule has 1 saturated heterocycles. The van der Waals surface area contributed by atoms with Crippen LogP contribution in [0.25, 0.3) is 0 Å². The van der Waals surface area contributed by atoms with Gasteiger partial charge < -0.3 is 34.5 Å². The topological polar surface area (TPSA) is 124 Å². The Balaban J connectivity index is 1.58. The quantitative estimate of drug-likeness (QED) is 0.273. The van der Waals surface area contributed by atoms with Crippen LogP contribution in [0.1, 0.15) is 30.9 Å². The summed E-state index contributed by atoms with van der Waals surface area (Å²) in [6, 6.07) is 5.14. The van der Waals surface area contributed by atoms with Crippen LogP contribution in [0, 0.1) is 0 Å². The van der Waals surface area contributed by atoms with Gasteiger partial charge in [-0.25, -0.2) is 19.6 Å². The number of anilines is 2. The number of carbonyl (C=O) groups excluding carboxylic acids is 2. The van der Waals surface area contributed by atoms with E-state index in [1.54, 1.807) is 13.8 Å². The zero-order chi connectivity index (χ0) is 31.9. The van der Waals surface area contributed by atoms with Crippen molar-refractivity contribution in [3.05, 3.63) is 69.3 Å². The third kappa shape index (κ3) is 7.60. The van der Waals surface area contributed by atoms with Gasteiger partial charge in [0, 0.05) is 31.4 Å². The van der Waals surface area contributed by atoms with E-state index in [0.29, 0.717) is 25.6 Å². The second kappa shape index (κ2) is 14.7. The van der Waals surface area contributed by atoms with Crippen molar-refractivity contribution in [2.24, 2.45) is 0 Å². The molecule has 1 aromatic heterocycles. The number of nitrogens with one attached hydrogen (secondary N) is 2. The van der Waals surface area contributed by atoms with Crippen LogP contribution in [-0.2, 0) is 34.7 Å². The number of methoxy groups -OCH3 is 1. The van der Waals surface area contributed by atoms with E-state index in [0.717, 1.165) is 32.1 Å². The summed E-state index contributed by atoms with van der Waals surface area (Å²) in [7, 11) is 1.13. The summed E-state index contributed by atoms with van der Waals surface area (Å²) in [5.74, 6) is -1.66. The molecule has 3 heterocycles. The molecule has 0 aliphatic carbocycles. The number of nitrogens with zero attached hydrogens (tertiary/aromatic N) is 3. The average Bonchev–Trinajstić information content (AvgIpc) is 3.00. The lowest BCUT2D eigenvalue weighted by Gasteiger charge is -2.32. The lowest BCUT2D eigenvalue weighted by atomic mass is 9.79. The first-order valence-electron chi connectivity index (χ1n) is 13.8. The molecule has 0 saturated carbocycles. The van der Waals surface area contributed by atoms with E-state index in [2.05, 4.69) is 25.5 Å². The van der Waals surface area contributed by atoms with Crippen molar-refractivity contribution in [1.29, 1.82) is 0 Å². The number of ether oxygens (including phenoxy) is 4. The molecule has 2 aliphatic rings. The SMILES string of the molecule is CCOC(=O)C1=C(COCCNc2cc(N3CCOCC3)ncn2)NC(C)=C(C(=O)OC)C1c1cccc(C(F)(F)F)c1Cl. The molecule has 2 aromatic rings. The molecule has 1 aromatic carbocycles. The smallest absolute Gasteiger partial charge is 0.417 e. The molecule has 44 heavy (non-hydrogen) atoms. The first kappa shape index (κ1) is 33.0. The van der Waals surface area contributed by atoms with Gasteiger partial charge in [-0.3, -0.25) is 0 Å². The van der Waals surface area contributed by atoms with Crippen LogP contribution < -0.4 is 15.5 Å². The van der Waals surface area contributed by atoms with Crippen LogP contribution in [-0.4, -0.2) is 81.7 Å². The molecule has 0 radical (unpaired) electrons. The average molecular weight is 640 g/mol. The van der Waals surface area contributed by atoms with Gasteiger partial charge in [0.2, 0.25) is 0 Å². The fourth-order valence-corrected chi connectivity index (χ4v) is 5.32. The maximum Gasteiger partial charge on any atom is 0.417 e. The number of halogens is 4. The maximum absolute atomic E-state index is 13.8. The Bertz CT molecular complexity index is 1430. The van der Waals surface area contributed by atoms with Gasteiger partial charge in [0.05, 0.1) is 73.5 Å². The van der Waals surface area contributed by atoms with E-state index >= 15 is 0 Å². The Morgan fingerprint density at radius 2 is 1.93 bits per heavy atom. The summed E-state index contributed by atoms with van der Waals surface area (Å²) in [6.45, 7) is 6.15.